The van der Waals surface area contributed by atoms with Gasteiger partial charge in [0.15, 0.2) is 17.5 Å². The lowest BCUT2D eigenvalue weighted by molar-refractivity contribution is 0.429. The molecule has 0 atom stereocenters. The van der Waals surface area contributed by atoms with E-state index in [-0.39, 0.29) is 5.92 Å². The van der Waals surface area contributed by atoms with Crippen LogP contribution in [0, 0.1) is 17.5 Å². The molecule has 1 aliphatic rings. The number of halogens is 4. The summed E-state index contributed by atoms with van der Waals surface area (Å²) in [5.41, 5.74) is 0.597. The lowest BCUT2D eigenvalue weighted by Gasteiger charge is -2.25. The zero-order valence-corrected chi connectivity index (χ0v) is 10.8. The fourth-order valence-electron chi connectivity index (χ4n) is 2.20. The van der Waals surface area contributed by atoms with Crippen LogP contribution in [0.25, 0.3) is 0 Å². The molecule has 0 amide bonds. The Kier molecular flexibility index (Phi) is 3.77. The van der Waals surface area contributed by atoms with Crippen LogP contribution in [0.1, 0.15) is 37.2 Å². The summed E-state index contributed by atoms with van der Waals surface area (Å²) >= 11 is 2.40. The van der Waals surface area contributed by atoms with Crippen LogP contribution in [0.5, 0.6) is 0 Å². The van der Waals surface area contributed by atoms with E-state index in [1.165, 1.54) is 0 Å². The normalized spacial score (nSPS) is 25.8. The summed E-state index contributed by atoms with van der Waals surface area (Å²) in [7, 11) is 0. The molecular weight excluding hydrogens is 328 g/mol. The van der Waals surface area contributed by atoms with Crippen molar-refractivity contribution in [2.24, 2.45) is 0 Å². The maximum atomic E-state index is 13.1. The van der Waals surface area contributed by atoms with Crippen LogP contribution in [0.4, 0.5) is 13.2 Å². The molecule has 0 unspecified atom stereocenters. The van der Waals surface area contributed by atoms with E-state index in [0.29, 0.717) is 9.49 Å². The molecule has 1 fully saturated rings. The molecule has 16 heavy (non-hydrogen) atoms. The van der Waals surface area contributed by atoms with Crippen LogP contribution < -0.4 is 0 Å². The average Bonchev–Trinajstić information content (AvgIpc) is 2.26. The van der Waals surface area contributed by atoms with E-state index in [1.807, 2.05) is 0 Å². The summed E-state index contributed by atoms with van der Waals surface area (Å²) < 4.78 is 39.6. The highest BCUT2D eigenvalue weighted by Crippen LogP contribution is 2.36. The maximum absolute atomic E-state index is 13.1. The third-order valence-corrected chi connectivity index (χ3v) is 4.38. The molecule has 0 N–H and O–H groups in total. The van der Waals surface area contributed by atoms with Crippen molar-refractivity contribution in [3.63, 3.8) is 0 Å². The molecule has 0 saturated heterocycles. The minimum Gasteiger partial charge on any atom is -0.204 e. The standard InChI is InChI=1S/C12H12F3I/c13-10-5-8(6-11(14)12(10)15)7-1-3-9(16)4-2-7/h5-7,9H,1-4H2. The Morgan fingerprint density at radius 1 is 0.938 bits per heavy atom. The van der Waals surface area contributed by atoms with Gasteiger partial charge in [0.2, 0.25) is 0 Å². The van der Waals surface area contributed by atoms with Gasteiger partial charge in [-0.2, -0.15) is 0 Å². The van der Waals surface area contributed by atoms with Crippen molar-refractivity contribution in [3.05, 3.63) is 35.1 Å². The first-order chi connectivity index (χ1) is 7.58. The first-order valence-corrected chi connectivity index (χ1v) is 6.61. The van der Waals surface area contributed by atoms with Crippen LogP contribution in [-0.2, 0) is 0 Å². The quantitative estimate of drug-likeness (QED) is 0.399. The predicted octanol–water partition coefficient (Wildman–Crippen LogP) is 4.57. The van der Waals surface area contributed by atoms with Crippen LogP contribution in [0.3, 0.4) is 0 Å². The van der Waals surface area contributed by atoms with E-state index < -0.39 is 17.5 Å². The lowest BCUT2D eigenvalue weighted by atomic mass is 9.84. The van der Waals surface area contributed by atoms with Crippen molar-refractivity contribution >= 4 is 22.6 Å². The van der Waals surface area contributed by atoms with Gasteiger partial charge in [0.1, 0.15) is 0 Å². The zero-order chi connectivity index (χ0) is 11.7. The highest BCUT2D eigenvalue weighted by atomic mass is 127. The molecule has 1 aromatic carbocycles. The van der Waals surface area contributed by atoms with E-state index in [4.69, 9.17) is 0 Å². The van der Waals surface area contributed by atoms with Gasteiger partial charge in [-0.25, -0.2) is 13.2 Å². The summed E-state index contributed by atoms with van der Waals surface area (Å²) in [5, 5.41) is 0. The van der Waals surface area contributed by atoms with E-state index >= 15 is 0 Å². The smallest absolute Gasteiger partial charge is 0.194 e. The average molecular weight is 340 g/mol. The fraction of sp³-hybridized carbons (Fsp3) is 0.500. The summed E-state index contributed by atoms with van der Waals surface area (Å²) in [4.78, 5) is 0. The molecule has 2 rings (SSSR count). The van der Waals surface area contributed by atoms with Gasteiger partial charge in [-0.1, -0.05) is 22.6 Å². The zero-order valence-electron chi connectivity index (χ0n) is 8.65. The van der Waals surface area contributed by atoms with Gasteiger partial charge >= 0.3 is 0 Å². The minimum atomic E-state index is -1.37. The third kappa shape index (κ3) is 2.52. The molecule has 0 aliphatic heterocycles. The molecular formula is C12H12F3I. The molecule has 1 saturated carbocycles. The monoisotopic (exact) mass is 340 g/mol. The van der Waals surface area contributed by atoms with Crippen LogP contribution in [0.2, 0.25) is 0 Å². The van der Waals surface area contributed by atoms with Crippen molar-refractivity contribution in [1.82, 2.24) is 0 Å². The SMILES string of the molecule is Fc1cc(C2CCC(I)CC2)cc(F)c1F. The summed E-state index contributed by atoms with van der Waals surface area (Å²) in [5.74, 6) is -3.35. The predicted molar refractivity (Wildman–Crippen MR) is 65.3 cm³/mol. The molecule has 0 radical (unpaired) electrons. The largest absolute Gasteiger partial charge is 0.204 e. The Balaban J connectivity index is 2.21. The Hall–Kier alpha value is -0.260. The summed E-state index contributed by atoms with van der Waals surface area (Å²) in [6.45, 7) is 0. The molecule has 0 nitrogen and oxygen atoms in total. The molecule has 0 heterocycles. The van der Waals surface area contributed by atoms with Crippen molar-refractivity contribution in [1.29, 1.82) is 0 Å². The molecule has 1 aromatic rings. The first kappa shape index (κ1) is 12.2. The maximum Gasteiger partial charge on any atom is 0.194 e. The van der Waals surface area contributed by atoms with Gasteiger partial charge in [-0.3, -0.25) is 0 Å². The van der Waals surface area contributed by atoms with Gasteiger partial charge in [0.05, 0.1) is 0 Å². The number of hydrogen-bond donors (Lipinski definition) is 0. The molecule has 88 valence electrons. The topological polar surface area (TPSA) is 0 Å². The fourth-order valence-corrected chi connectivity index (χ4v) is 2.92. The second-order valence-corrected chi connectivity index (χ2v) is 6.01. The molecule has 0 bridgehead atoms. The van der Waals surface area contributed by atoms with Gasteiger partial charge in [0.25, 0.3) is 0 Å². The Bertz CT molecular complexity index is 361. The second-order valence-electron chi connectivity index (χ2n) is 4.25. The molecule has 1 aliphatic carbocycles. The van der Waals surface area contributed by atoms with Crippen molar-refractivity contribution in [2.45, 2.75) is 35.5 Å². The third-order valence-electron chi connectivity index (χ3n) is 3.13. The Morgan fingerprint density at radius 3 is 1.94 bits per heavy atom. The Morgan fingerprint density at radius 2 is 1.44 bits per heavy atom. The van der Waals surface area contributed by atoms with Gasteiger partial charge in [-0.15, -0.1) is 0 Å². The van der Waals surface area contributed by atoms with E-state index in [9.17, 15) is 13.2 Å². The number of alkyl halides is 1. The van der Waals surface area contributed by atoms with E-state index in [1.54, 1.807) is 0 Å². The van der Waals surface area contributed by atoms with Gasteiger partial charge in [0, 0.05) is 3.92 Å². The number of hydrogen-bond acceptors (Lipinski definition) is 0. The number of benzene rings is 1. The molecule has 4 heteroatoms. The van der Waals surface area contributed by atoms with E-state index in [2.05, 4.69) is 22.6 Å². The van der Waals surface area contributed by atoms with Crippen LogP contribution in [0.15, 0.2) is 12.1 Å². The summed E-state index contributed by atoms with van der Waals surface area (Å²) in [6, 6.07) is 2.27. The Labute approximate surface area is 106 Å². The highest BCUT2D eigenvalue weighted by molar-refractivity contribution is 14.1. The van der Waals surface area contributed by atoms with Gasteiger partial charge < -0.3 is 0 Å². The molecule has 0 spiro atoms. The first-order valence-electron chi connectivity index (χ1n) is 5.36. The van der Waals surface area contributed by atoms with Crippen molar-refractivity contribution < 1.29 is 13.2 Å². The second kappa shape index (κ2) is 4.94. The van der Waals surface area contributed by atoms with Crippen molar-refractivity contribution in [2.75, 3.05) is 0 Å². The van der Waals surface area contributed by atoms with E-state index in [0.717, 1.165) is 37.8 Å². The van der Waals surface area contributed by atoms with Crippen LogP contribution >= 0.6 is 22.6 Å². The highest BCUT2D eigenvalue weighted by Gasteiger charge is 2.22. The van der Waals surface area contributed by atoms with Crippen molar-refractivity contribution in [3.8, 4) is 0 Å². The molecule has 0 aromatic heterocycles. The lowest BCUT2D eigenvalue weighted by Crippen LogP contribution is -2.13. The number of rotatable bonds is 1. The van der Waals surface area contributed by atoms with Gasteiger partial charge in [-0.05, 0) is 49.3 Å². The minimum absolute atomic E-state index is 0.176. The summed E-state index contributed by atoms with van der Waals surface area (Å²) in [6.07, 6.45) is 3.98. The van der Waals surface area contributed by atoms with Crippen LogP contribution in [-0.4, -0.2) is 3.92 Å².